The molecule has 2 heterocycles. The quantitative estimate of drug-likeness (QED) is 0.758. The second kappa shape index (κ2) is 10.2. The summed E-state index contributed by atoms with van der Waals surface area (Å²) in [6.45, 7) is 7.89. The zero-order valence-corrected chi connectivity index (χ0v) is 17.1. The molecule has 1 atom stereocenters. The van der Waals surface area contributed by atoms with Gasteiger partial charge in [-0.25, -0.2) is 4.79 Å². The molecule has 1 unspecified atom stereocenters. The molecule has 1 aromatic heterocycles. The zero-order valence-electron chi connectivity index (χ0n) is 17.1. The van der Waals surface area contributed by atoms with Crippen LogP contribution in [0.15, 0.2) is 48.8 Å². The Morgan fingerprint density at radius 3 is 2.75 bits per heavy atom. The summed E-state index contributed by atoms with van der Waals surface area (Å²) in [5, 5.41) is 3.09. The van der Waals surface area contributed by atoms with E-state index < -0.39 is 0 Å². The largest absolute Gasteiger partial charge is 0.322 e. The maximum absolute atomic E-state index is 13.0. The van der Waals surface area contributed by atoms with Gasteiger partial charge in [0.1, 0.15) is 0 Å². The van der Waals surface area contributed by atoms with Crippen LogP contribution >= 0.6 is 0 Å². The predicted octanol–water partition coefficient (Wildman–Crippen LogP) is 4.69. The molecular formula is C23H32N4O. The van der Waals surface area contributed by atoms with Crippen molar-refractivity contribution in [3.8, 4) is 0 Å². The minimum Gasteiger partial charge on any atom is -0.320 e. The summed E-state index contributed by atoms with van der Waals surface area (Å²) in [6.07, 6.45) is 8.46. The molecule has 0 saturated carbocycles. The lowest BCUT2D eigenvalue weighted by Gasteiger charge is -2.34. The first-order chi connectivity index (χ1) is 13.6. The molecule has 1 saturated heterocycles. The molecule has 0 spiro atoms. The molecule has 1 aliphatic rings. The number of para-hydroxylation sites is 1. The second-order valence-corrected chi connectivity index (χ2v) is 7.76. The van der Waals surface area contributed by atoms with Crippen molar-refractivity contribution in [2.45, 2.75) is 52.1 Å². The highest BCUT2D eigenvalue weighted by Crippen LogP contribution is 2.18. The van der Waals surface area contributed by atoms with Gasteiger partial charge in [-0.2, -0.15) is 0 Å². The van der Waals surface area contributed by atoms with E-state index in [1.54, 1.807) is 12.4 Å². The average Bonchev–Trinajstić information content (AvgIpc) is 2.71. The van der Waals surface area contributed by atoms with Crippen molar-refractivity contribution < 1.29 is 4.79 Å². The number of benzene rings is 1. The van der Waals surface area contributed by atoms with E-state index in [1.165, 1.54) is 25.8 Å². The number of aryl methyl sites for hydroxylation is 1. The standard InChI is InChI=1S/C23H32N4O/c1-19-8-3-4-10-22(19)25-23(28)27(18-21-11-13-24-14-12-21)17-7-16-26-15-6-5-9-20(26)2/h3-4,8,10-14,20H,5-7,9,15-18H2,1-2H3,(H,25,28). The molecule has 5 heteroatoms. The van der Waals surface area contributed by atoms with Crippen LogP contribution in [0.2, 0.25) is 0 Å². The Kier molecular flexibility index (Phi) is 7.43. The van der Waals surface area contributed by atoms with E-state index in [4.69, 9.17) is 0 Å². The van der Waals surface area contributed by atoms with Crippen molar-refractivity contribution >= 4 is 11.7 Å². The predicted molar refractivity (Wildman–Crippen MR) is 114 cm³/mol. The number of hydrogen-bond donors (Lipinski definition) is 1. The Bertz CT molecular complexity index is 749. The maximum atomic E-state index is 13.0. The van der Waals surface area contributed by atoms with Gasteiger partial charge in [0, 0.05) is 43.8 Å². The van der Waals surface area contributed by atoms with Gasteiger partial charge in [-0.1, -0.05) is 24.6 Å². The summed E-state index contributed by atoms with van der Waals surface area (Å²) in [5.74, 6) is 0. The average molecular weight is 381 g/mol. The third kappa shape index (κ3) is 5.80. The summed E-state index contributed by atoms with van der Waals surface area (Å²) in [4.78, 5) is 21.6. The number of nitrogens with one attached hydrogen (secondary N) is 1. The number of urea groups is 1. The number of pyridine rings is 1. The topological polar surface area (TPSA) is 48.5 Å². The van der Waals surface area contributed by atoms with Gasteiger partial charge in [-0.3, -0.25) is 4.98 Å². The molecule has 1 N–H and O–H groups in total. The molecule has 5 nitrogen and oxygen atoms in total. The Morgan fingerprint density at radius 1 is 1.21 bits per heavy atom. The highest BCUT2D eigenvalue weighted by atomic mass is 16.2. The summed E-state index contributed by atoms with van der Waals surface area (Å²) in [7, 11) is 0. The van der Waals surface area contributed by atoms with E-state index in [0.29, 0.717) is 12.6 Å². The molecule has 1 aliphatic heterocycles. The van der Waals surface area contributed by atoms with Crippen LogP contribution in [0.5, 0.6) is 0 Å². The maximum Gasteiger partial charge on any atom is 0.322 e. The first-order valence-corrected chi connectivity index (χ1v) is 10.4. The molecule has 0 bridgehead atoms. The van der Waals surface area contributed by atoms with Crippen molar-refractivity contribution in [2.24, 2.45) is 0 Å². The van der Waals surface area contributed by atoms with Gasteiger partial charge in [0.05, 0.1) is 0 Å². The molecule has 0 radical (unpaired) electrons. The fourth-order valence-corrected chi connectivity index (χ4v) is 3.82. The van der Waals surface area contributed by atoms with Crippen molar-refractivity contribution in [1.82, 2.24) is 14.8 Å². The lowest BCUT2D eigenvalue weighted by atomic mass is 10.0. The van der Waals surface area contributed by atoms with Crippen molar-refractivity contribution in [3.63, 3.8) is 0 Å². The van der Waals surface area contributed by atoms with Gasteiger partial charge in [0.25, 0.3) is 0 Å². The molecule has 0 aliphatic carbocycles. The monoisotopic (exact) mass is 380 g/mol. The molecular weight excluding hydrogens is 348 g/mol. The Labute approximate surface area is 168 Å². The van der Waals surface area contributed by atoms with Crippen LogP contribution < -0.4 is 5.32 Å². The number of rotatable bonds is 7. The Hall–Kier alpha value is -2.40. The summed E-state index contributed by atoms with van der Waals surface area (Å²) < 4.78 is 0. The number of aromatic nitrogens is 1. The second-order valence-electron chi connectivity index (χ2n) is 7.76. The van der Waals surface area contributed by atoms with E-state index in [1.807, 2.05) is 48.2 Å². The van der Waals surface area contributed by atoms with Crippen LogP contribution in [0.3, 0.4) is 0 Å². The Morgan fingerprint density at radius 2 is 2.00 bits per heavy atom. The highest BCUT2D eigenvalue weighted by molar-refractivity contribution is 5.90. The van der Waals surface area contributed by atoms with Crippen LogP contribution in [-0.4, -0.2) is 46.5 Å². The van der Waals surface area contributed by atoms with E-state index in [2.05, 4.69) is 22.1 Å². The first kappa shape index (κ1) is 20.3. The number of anilines is 1. The third-order valence-corrected chi connectivity index (χ3v) is 5.61. The van der Waals surface area contributed by atoms with E-state index >= 15 is 0 Å². The van der Waals surface area contributed by atoms with Crippen molar-refractivity contribution in [2.75, 3.05) is 25.0 Å². The number of amides is 2. The van der Waals surface area contributed by atoms with Crippen LogP contribution in [0.25, 0.3) is 0 Å². The van der Waals surface area contributed by atoms with Crippen molar-refractivity contribution in [1.29, 1.82) is 0 Å². The summed E-state index contributed by atoms with van der Waals surface area (Å²) >= 11 is 0. The first-order valence-electron chi connectivity index (χ1n) is 10.4. The molecule has 2 aromatic rings. The van der Waals surface area contributed by atoms with Gasteiger partial charge < -0.3 is 15.1 Å². The third-order valence-electron chi connectivity index (χ3n) is 5.61. The van der Waals surface area contributed by atoms with Gasteiger partial charge in [-0.05, 0) is 69.0 Å². The molecule has 1 fully saturated rings. The summed E-state index contributed by atoms with van der Waals surface area (Å²) in [6, 6.07) is 12.5. The number of hydrogen-bond acceptors (Lipinski definition) is 3. The van der Waals surface area contributed by atoms with Gasteiger partial charge in [0.2, 0.25) is 0 Å². The minimum atomic E-state index is -0.0437. The fraction of sp³-hybridized carbons (Fsp3) is 0.478. The van der Waals surface area contributed by atoms with Crippen LogP contribution in [-0.2, 0) is 6.54 Å². The lowest BCUT2D eigenvalue weighted by Crippen LogP contribution is -2.40. The van der Waals surface area contributed by atoms with E-state index in [0.717, 1.165) is 36.3 Å². The van der Waals surface area contributed by atoms with Gasteiger partial charge in [0.15, 0.2) is 0 Å². The van der Waals surface area contributed by atoms with E-state index in [9.17, 15) is 4.79 Å². The fourth-order valence-electron chi connectivity index (χ4n) is 3.82. The SMILES string of the molecule is Cc1ccccc1NC(=O)N(CCCN1CCCCC1C)Cc1ccncc1. The summed E-state index contributed by atoms with van der Waals surface area (Å²) in [5.41, 5.74) is 3.04. The van der Waals surface area contributed by atoms with Crippen LogP contribution in [0.1, 0.15) is 43.7 Å². The normalized spacial score (nSPS) is 17.3. The molecule has 28 heavy (non-hydrogen) atoms. The minimum absolute atomic E-state index is 0.0437. The number of nitrogens with zero attached hydrogens (tertiary/aromatic N) is 3. The number of carbonyl (C=O) groups excluding carboxylic acids is 1. The number of likely N-dealkylation sites (tertiary alicyclic amines) is 1. The molecule has 2 amide bonds. The smallest absolute Gasteiger partial charge is 0.320 e. The van der Waals surface area contributed by atoms with Crippen LogP contribution in [0, 0.1) is 6.92 Å². The number of carbonyl (C=O) groups is 1. The highest BCUT2D eigenvalue weighted by Gasteiger charge is 2.19. The van der Waals surface area contributed by atoms with Crippen LogP contribution in [0.4, 0.5) is 10.5 Å². The number of piperidine rings is 1. The lowest BCUT2D eigenvalue weighted by molar-refractivity contribution is 0.150. The Balaban J connectivity index is 1.62. The van der Waals surface area contributed by atoms with Gasteiger partial charge in [-0.15, -0.1) is 0 Å². The van der Waals surface area contributed by atoms with Gasteiger partial charge >= 0.3 is 6.03 Å². The molecule has 150 valence electrons. The van der Waals surface area contributed by atoms with Crippen molar-refractivity contribution in [3.05, 3.63) is 59.9 Å². The molecule has 3 rings (SSSR count). The zero-order chi connectivity index (χ0) is 19.8. The molecule has 1 aromatic carbocycles. The van der Waals surface area contributed by atoms with E-state index in [-0.39, 0.29) is 6.03 Å².